The summed E-state index contributed by atoms with van der Waals surface area (Å²) in [4.78, 5) is 4.41. The van der Waals surface area contributed by atoms with E-state index in [-0.39, 0.29) is 5.82 Å². The van der Waals surface area contributed by atoms with E-state index >= 15 is 0 Å². The van der Waals surface area contributed by atoms with Crippen molar-refractivity contribution in [3.8, 4) is 0 Å². The highest BCUT2D eigenvalue weighted by atomic mass is 19.1. The molecule has 0 aliphatic heterocycles. The lowest BCUT2D eigenvalue weighted by Gasteiger charge is -2.11. The predicted molar refractivity (Wildman–Crippen MR) is 89.6 cm³/mol. The van der Waals surface area contributed by atoms with E-state index in [1.807, 2.05) is 13.0 Å². The van der Waals surface area contributed by atoms with Crippen molar-refractivity contribution in [3.63, 3.8) is 0 Å². The minimum atomic E-state index is -0.216. The number of nitrogens with zero attached hydrogens (tertiary/aromatic N) is 1. The number of unbranched alkanes of at least 4 members (excludes halogenated alkanes) is 1. The molecular formula is C17H28FN3O. The van der Waals surface area contributed by atoms with Crippen LogP contribution in [0.4, 0.5) is 4.39 Å². The van der Waals surface area contributed by atoms with Crippen LogP contribution in [0.15, 0.2) is 29.3 Å². The molecule has 2 N–H and O–H groups in total. The third-order valence-corrected chi connectivity index (χ3v) is 3.11. The van der Waals surface area contributed by atoms with Crippen LogP contribution in [0.2, 0.25) is 0 Å². The molecule has 0 atom stereocenters. The maximum Gasteiger partial charge on any atom is 0.191 e. The van der Waals surface area contributed by atoms with E-state index in [0.717, 1.165) is 45.6 Å². The molecule has 0 fully saturated rings. The first kappa shape index (κ1) is 18.4. The summed E-state index contributed by atoms with van der Waals surface area (Å²) in [6.07, 6.45) is 3.19. The summed E-state index contributed by atoms with van der Waals surface area (Å²) in [5.41, 5.74) is 0.600. The van der Waals surface area contributed by atoms with Crippen LogP contribution in [0.25, 0.3) is 0 Å². The highest BCUT2D eigenvalue weighted by molar-refractivity contribution is 5.79. The second-order valence-electron chi connectivity index (χ2n) is 5.03. The molecule has 0 amide bonds. The number of halogens is 1. The largest absolute Gasteiger partial charge is 0.381 e. The number of guanidine groups is 1. The minimum Gasteiger partial charge on any atom is -0.381 e. The molecule has 0 heterocycles. The first-order valence-corrected chi connectivity index (χ1v) is 8.11. The third kappa shape index (κ3) is 7.98. The molecule has 0 aliphatic rings. The standard InChI is InChI=1S/C17H28FN3O/c1-3-5-12-22-13-8-11-20-17(19-4-2)21-14-15-9-6-7-10-16(15)18/h6-7,9-10H,3-5,8,11-14H2,1-2H3,(H2,19,20,21). The fraction of sp³-hybridized carbons (Fsp3) is 0.588. The molecule has 124 valence electrons. The minimum absolute atomic E-state index is 0.216. The fourth-order valence-electron chi connectivity index (χ4n) is 1.86. The van der Waals surface area contributed by atoms with E-state index in [0.29, 0.717) is 18.1 Å². The van der Waals surface area contributed by atoms with Crippen molar-refractivity contribution in [2.45, 2.75) is 39.7 Å². The topological polar surface area (TPSA) is 45.6 Å². The van der Waals surface area contributed by atoms with Crippen molar-refractivity contribution in [1.82, 2.24) is 10.6 Å². The van der Waals surface area contributed by atoms with Crippen molar-refractivity contribution < 1.29 is 9.13 Å². The Balaban J connectivity index is 2.32. The van der Waals surface area contributed by atoms with Crippen LogP contribution < -0.4 is 10.6 Å². The van der Waals surface area contributed by atoms with Gasteiger partial charge in [0.1, 0.15) is 5.82 Å². The summed E-state index contributed by atoms with van der Waals surface area (Å²) >= 11 is 0. The van der Waals surface area contributed by atoms with Crippen LogP contribution in [0.1, 0.15) is 38.7 Å². The van der Waals surface area contributed by atoms with Crippen molar-refractivity contribution in [2.75, 3.05) is 26.3 Å². The Morgan fingerprint density at radius 2 is 1.91 bits per heavy atom. The van der Waals surface area contributed by atoms with Crippen LogP contribution in [0, 0.1) is 5.82 Å². The summed E-state index contributed by atoms with van der Waals surface area (Å²) in [5.74, 6) is 0.491. The van der Waals surface area contributed by atoms with Crippen LogP contribution in [-0.2, 0) is 11.3 Å². The van der Waals surface area contributed by atoms with E-state index < -0.39 is 0 Å². The second-order valence-corrected chi connectivity index (χ2v) is 5.03. The second kappa shape index (κ2) is 12.0. The average Bonchev–Trinajstić information content (AvgIpc) is 2.53. The summed E-state index contributed by atoms with van der Waals surface area (Å²) in [7, 11) is 0. The van der Waals surface area contributed by atoms with Gasteiger partial charge in [0.2, 0.25) is 0 Å². The molecular weight excluding hydrogens is 281 g/mol. The first-order valence-electron chi connectivity index (χ1n) is 8.11. The molecule has 1 aromatic carbocycles. The van der Waals surface area contributed by atoms with Crippen LogP contribution >= 0.6 is 0 Å². The zero-order chi connectivity index (χ0) is 16.0. The molecule has 1 aromatic rings. The molecule has 4 nitrogen and oxygen atoms in total. The summed E-state index contributed by atoms with van der Waals surface area (Å²) in [6.45, 7) is 7.63. The number of rotatable bonds is 10. The van der Waals surface area contributed by atoms with Gasteiger partial charge < -0.3 is 15.4 Å². The van der Waals surface area contributed by atoms with Crippen LogP contribution in [-0.4, -0.2) is 32.3 Å². The highest BCUT2D eigenvalue weighted by Gasteiger charge is 2.01. The number of hydrogen-bond acceptors (Lipinski definition) is 2. The fourth-order valence-corrected chi connectivity index (χ4v) is 1.86. The van der Waals surface area contributed by atoms with Gasteiger partial charge in [-0.3, -0.25) is 0 Å². The molecule has 0 aliphatic carbocycles. The van der Waals surface area contributed by atoms with E-state index in [2.05, 4.69) is 22.5 Å². The molecule has 1 rings (SSSR count). The monoisotopic (exact) mass is 309 g/mol. The number of benzene rings is 1. The van der Waals surface area contributed by atoms with Gasteiger partial charge in [0.25, 0.3) is 0 Å². The molecule has 5 heteroatoms. The number of ether oxygens (including phenoxy) is 1. The van der Waals surface area contributed by atoms with Gasteiger partial charge in [0, 0.05) is 31.9 Å². The first-order chi connectivity index (χ1) is 10.8. The highest BCUT2D eigenvalue weighted by Crippen LogP contribution is 2.07. The van der Waals surface area contributed by atoms with Crippen molar-refractivity contribution in [2.24, 2.45) is 4.99 Å². The number of hydrogen-bond donors (Lipinski definition) is 2. The zero-order valence-corrected chi connectivity index (χ0v) is 13.7. The molecule has 0 bridgehead atoms. The van der Waals surface area contributed by atoms with E-state index in [1.165, 1.54) is 6.07 Å². The van der Waals surface area contributed by atoms with Crippen LogP contribution in [0.3, 0.4) is 0 Å². The lowest BCUT2D eigenvalue weighted by Crippen LogP contribution is -2.38. The Bertz CT molecular complexity index is 438. The Morgan fingerprint density at radius 1 is 1.14 bits per heavy atom. The predicted octanol–water partition coefficient (Wildman–Crippen LogP) is 3.09. The average molecular weight is 309 g/mol. The smallest absolute Gasteiger partial charge is 0.191 e. The summed E-state index contributed by atoms with van der Waals surface area (Å²) in [5, 5.41) is 6.40. The van der Waals surface area contributed by atoms with Crippen LogP contribution in [0.5, 0.6) is 0 Å². The third-order valence-electron chi connectivity index (χ3n) is 3.11. The normalized spacial score (nSPS) is 11.5. The molecule has 0 aromatic heterocycles. The molecule has 22 heavy (non-hydrogen) atoms. The van der Waals surface area contributed by atoms with E-state index in [1.54, 1.807) is 12.1 Å². The van der Waals surface area contributed by atoms with Gasteiger partial charge in [-0.05, 0) is 25.8 Å². The quantitative estimate of drug-likeness (QED) is 0.397. The number of nitrogens with one attached hydrogen (secondary N) is 2. The molecule has 0 saturated carbocycles. The maximum absolute atomic E-state index is 13.6. The van der Waals surface area contributed by atoms with E-state index in [4.69, 9.17) is 4.74 Å². The van der Waals surface area contributed by atoms with Crippen molar-refractivity contribution in [1.29, 1.82) is 0 Å². The Hall–Kier alpha value is -1.62. The maximum atomic E-state index is 13.6. The molecule has 0 radical (unpaired) electrons. The van der Waals surface area contributed by atoms with Gasteiger partial charge in [0.15, 0.2) is 5.96 Å². The lowest BCUT2D eigenvalue weighted by atomic mass is 10.2. The summed E-state index contributed by atoms with van der Waals surface area (Å²) in [6, 6.07) is 6.72. The number of aliphatic imine (C=N–C) groups is 1. The van der Waals surface area contributed by atoms with Crippen molar-refractivity contribution in [3.05, 3.63) is 35.6 Å². The molecule has 0 saturated heterocycles. The Kier molecular flexibility index (Phi) is 10.0. The van der Waals surface area contributed by atoms with Gasteiger partial charge in [-0.15, -0.1) is 0 Å². The summed E-state index contributed by atoms with van der Waals surface area (Å²) < 4.78 is 19.1. The zero-order valence-electron chi connectivity index (χ0n) is 13.7. The Morgan fingerprint density at radius 3 is 2.64 bits per heavy atom. The van der Waals surface area contributed by atoms with Gasteiger partial charge in [-0.25, -0.2) is 9.38 Å². The van der Waals surface area contributed by atoms with E-state index in [9.17, 15) is 4.39 Å². The van der Waals surface area contributed by atoms with Crippen molar-refractivity contribution >= 4 is 5.96 Å². The lowest BCUT2D eigenvalue weighted by molar-refractivity contribution is 0.129. The van der Waals surface area contributed by atoms with Gasteiger partial charge in [-0.2, -0.15) is 0 Å². The molecule has 0 spiro atoms. The molecule has 0 unspecified atom stereocenters. The SMILES string of the molecule is CCCCOCCCNC(=NCc1ccccc1F)NCC. The Labute approximate surface area is 133 Å². The van der Waals surface area contributed by atoms with Gasteiger partial charge in [-0.1, -0.05) is 31.5 Å². The van der Waals surface area contributed by atoms with Gasteiger partial charge >= 0.3 is 0 Å². The van der Waals surface area contributed by atoms with Gasteiger partial charge in [0.05, 0.1) is 6.54 Å².